The average Bonchev–Trinajstić information content (AvgIpc) is 3.29. The number of rotatable bonds is 5. The van der Waals surface area contributed by atoms with Crippen molar-refractivity contribution >= 4 is 28.6 Å². The number of hydrogen-bond donors (Lipinski definition) is 1. The Morgan fingerprint density at radius 3 is 2.58 bits per heavy atom. The van der Waals surface area contributed by atoms with Crippen molar-refractivity contribution < 1.29 is 9.72 Å². The summed E-state index contributed by atoms with van der Waals surface area (Å²) in [5.41, 5.74) is 0.776. The summed E-state index contributed by atoms with van der Waals surface area (Å²) in [6.07, 6.45) is 0. The van der Waals surface area contributed by atoms with Crippen LogP contribution in [0.15, 0.2) is 76.9 Å². The van der Waals surface area contributed by atoms with E-state index < -0.39 is 16.3 Å². The van der Waals surface area contributed by atoms with Crippen LogP contribution in [0.25, 0.3) is 16.1 Å². The Morgan fingerprint density at radius 1 is 1.10 bits per heavy atom. The van der Waals surface area contributed by atoms with Gasteiger partial charge in [0.1, 0.15) is 5.69 Å². The molecule has 2 aromatic carbocycles. The monoisotopic (exact) mass is 432 g/mol. The maximum absolute atomic E-state index is 13.0. The fourth-order valence-electron chi connectivity index (χ4n) is 3.17. The minimum atomic E-state index is -0.693. The van der Waals surface area contributed by atoms with Crippen LogP contribution >= 0.6 is 11.3 Å². The highest BCUT2D eigenvalue weighted by molar-refractivity contribution is 7.13. The van der Waals surface area contributed by atoms with E-state index in [1.54, 1.807) is 25.1 Å². The molecule has 0 aliphatic rings. The third-order valence-corrected chi connectivity index (χ3v) is 5.49. The van der Waals surface area contributed by atoms with Crippen LogP contribution in [-0.2, 0) is 0 Å². The van der Waals surface area contributed by atoms with E-state index in [1.165, 1.54) is 40.3 Å². The van der Waals surface area contributed by atoms with Gasteiger partial charge in [-0.3, -0.25) is 19.7 Å². The van der Waals surface area contributed by atoms with Crippen LogP contribution in [0.3, 0.4) is 0 Å². The molecular formula is C22H16N4O4S. The lowest BCUT2D eigenvalue weighted by Gasteiger charge is -2.13. The standard InChI is InChI=1S/C22H16N4O4S/c1-14-13-19(27)21(24-25(14)17-9-4-5-10-18(17)26(29)30)22(28)23-16-8-3-2-7-15(16)20-11-6-12-31-20/h2-13H,1H3,(H,23,28). The second-order valence-corrected chi connectivity index (χ2v) is 7.58. The summed E-state index contributed by atoms with van der Waals surface area (Å²) in [6.45, 7) is 1.60. The van der Waals surface area contributed by atoms with Gasteiger partial charge in [0.2, 0.25) is 5.43 Å². The van der Waals surface area contributed by atoms with Crippen molar-refractivity contribution in [2.24, 2.45) is 0 Å². The molecule has 4 aromatic rings. The highest BCUT2D eigenvalue weighted by atomic mass is 32.1. The Kier molecular flexibility index (Phi) is 5.42. The van der Waals surface area contributed by atoms with Gasteiger partial charge in [-0.1, -0.05) is 36.4 Å². The number of carbonyl (C=O) groups is 1. The number of anilines is 1. The van der Waals surface area contributed by atoms with Crippen LogP contribution in [0.4, 0.5) is 11.4 Å². The smallest absolute Gasteiger partial charge is 0.294 e. The van der Waals surface area contributed by atoms with Crippen LogP contribution in [0.1, 0.15) is 16.2 Å². The van der Waals surface area contributed by atoms with E-state index in [4.69, 9.17) is 0 Å². The molecule has 0 aliphatic heterocycles. The van der Waals surface area contributed by atoms with E-state index in [2.05, 4.69) is 10.4 Å². The van der Waals surface area contributed by atoms with Gasteiger partial charge in [-0.05, 0) is 30.5 Å². The van der Waals surface area contributed by atoms with Crippen LogP contribution in [0.2, 0.25) is 0 Å². The molecule has 4 rings (SSSR count). The van der Waals surface area contributed by atoms with Crippen molar-refractivity contribution in [2.75, 3.05) is 5.32 Å². The number of aryl methyl sites for hydroxylation is 1. The maximum Gasteiger partial charge on any atom is 0.294 e. The number of nitrogens with zero attached hydrogens (tertiary/aromatic N) is 3. The molecule has 2 heterocycles. The van der Waals surface area contributed by atoms with Crippen molar-refractivity contribution in [3.63, 3.8) is 0 Å². The third kappa shape index (κ3) is 3.99. The summed E-state index contributed by atoms with van der Waals surface area (Å²) in [5, 5.41) is 20.3. The molecular weight excluding hydrogens is 416 g/mol. The lowest BCUT2D eigenvalue weighted by Crippen LogP contribution is -2.27. The highest BCUT2D eigenvalue weighted by Gasteiger charge is 2.21. The van der Waals surface area contributed by atoms with Gasteiger partial charge >= 0.3 is 0 Å². The first-order valence-corrected chi connectivity index (χ1v) is 10.1. The first-order valence-electron chi connectivity index (χ1n) is 9.25. The van der Waals surface area contributed by atoms with E-state index in [9.17, 15) is 19.7 Å². The topological polar surface area (TPSA) is 107 Å². The van der Waals surface area contributed by atoms with Gasteiger partial charge in [0.25, 0.3) is 11.6 Å². The molecule has 0 saturated heterocycles. The molecule has 154 valence electrons. The normalized spacial score (nSPS) is 10.6. The SMILES string of the molecule is Cc1cc(=O)c(C(=O)Nc2ccccc2-c2cccs2)nn1-c1ccccc1[N+](=O)[O-]. The van der Waals surface area contributed by atoms with Crippen LogP contribution in [0, 0.1) is 17.0 Å². The minimum absolute atomic E-state index is 0.165. The Morgan fingerprint density at radius 2 is 1.84 bits per heavy atom. The molecule has 2 aromatic heterocycles. The number of nitro benzene ring substituents is 1. The van der Waals surface area contributed by atoms with E-state index in [0.717, 1.165) is 10.4 Å². The van der Waals surface area contributed by atoms with Gasteiger partial charge in [-0.25, -0.2) is 4.68 Å². The van der Waals surface area contributed by atoms with Gasteiger partial charge in [-0.15, -0.1) is 11.3 Å². The van der Waals surface area contributed by atoms with Crippen LogP contribution in [0.5, 0.6) is 0 Å². The van der Waals surface area contributed by atoms with Crippen molar-refractivity contribution in [1.82, 2.24) is 9.78 Å². The zero-order valence-corrected chi connectivity index (χ0v) is 17.1. The van der Waals surface area contributed by atoms with Crippen molar-refractivity contribution in [3.05, 3.63) is 104 Å². The largest absolute Gasteiger partial charge is 0.320 e. The molecule has 0 spiro atoms. The fraction of sp³-hybridized carbons (Fsp3) is 0.0455. The second-order valence-electron chi connectivity index (χ2n) is 6.63. The zero-order valence-electron chi connectivity index (χ0n) is 16.3. The van der Waals surface area contributed by atoms with Gasteiger partial charge in [0.15, 0.2) is 5.69 Å². The molecule has 0 radical (unpaired) electrons. The second kappa shape index (κ2) is 8.33. The lowest BCUT2D eigenvalue weighted by molar-refractivity contribution is -0.384. The van der Waals surface area contributed by atoms with Crippen molar-refractivity contribution in [2.45, 2.75) is 6.92 Å². The van der Waals surface area contributed by atoms with E-state index in [-0.39, 0.29) is 17.1 Å². The highest BCUT2D eigenvalue weighted by Crippen LogP contribution is 2.31. The zero-order chi connectivity index (χ0) is 22.0. The summed E-state index contributed by atoms with van der Waals surface area (Å²) in [4.78, 5) is 37.3. The van der Waals surface area contributed by atoms with Crippen LogP contribution in [-0.4, -0.2) is 20.6 Å². The number of benzene rings is 2. The Labute approximate surface area is 180 Å². The summed E-state index contributed by atoms with van der Waals surface area (Å²) in [7, 11) is 0. The number of thiophene rings is 1. The third-order valence-electron chi connectivity index (χ3n) is 4.59. The molecule has 1 N–H and O–H groups in total. The molecule has 0 fully saturated rings. The van der Waals surface area contributed by atoms with E-state index in [0.29, 0.717) is 11.4 Å². The summed E-state index contributed by atoms with van der Waals surface area (Å²) < 4.78 is 1.24. The predicted molar refractivity (Wildman–Crippen MR) is 119 cm³/mol. The lowest BCUT2D eigenvalue weighted by atomic mass is 10.1. The molecule has 31 heavy (non-hydrogen) atoms. The molecule has 9 heteroatoms. The Bertz CT molecular complexity index is 1350. The van der Waals surface area contributed by atoms with Gasteiger partial charge in [0, 0.05) is 34.0 Å². The van der Waals surface area contributed by atoms with Gasteiger partial charge in [-0.2, -0.15) is 5.10 Å². The van der Waals surface area contributed by atoms with E-state index in [1.807, 2.05) is 29.6 Å². The number of amides is 1. The summed E-state index contributed by atoms with van der Waals surface area (Å²) >= 11 is 1.53. The molecule has 0 atom stereocenters. The number of carbonyl (C=O) groups excluding carboxylic acids is 1. The molecule has 0 aliphatic carbocycles. The molecule has 0 bridgehead atoms. The molecule has 8 nitrogen and oxygen atoms in total. The number of nitro groups is 1. The molecule has 0 saturated carbocycles. The first kappa shape index (κ1) is 20.2. The summed E-state index contributed by atoms with van der Waals surface area (Å²) in [6, 6.07) is 18.3. The Balaban J connectivity index is 1.76. The van der Waals surface area contributed by atoms with Gasteiger partial charge < -0.3 is 5.32 Å². The number of para-hydroxylation sites is 3. The van der Waals surface area contributed by atoms with Gasteiger partial charge in [0.05, 0.1) is 4.92 Å². The molecule has 1 amide bonds. The minimum Gasteiger partial charge on any atom is -0.320 e. The Hall–Kier alpha value is -4.11. The van der Waals surface area contributed by atoms with Crippen LogP contribution < -0.4 is 10.7 Å². The number of nitrogens with one attached hydrogen (secondary N) is 1. The van der Waals surface area contributed by atoms with Crippen molar-refractivity contribution in [3.8, 4) is 16.1 Å². The predicted octanol–water partition coefficient (Wildman–Crippen LogP) is 4.43. The van der Waals surface area contributed by atoms with E-state index >= 15 is 0 Å². The average molecular weight is 432 g/mol. The first-order chi connectivity index (χ1) is 15.0. The summed E-state index contributed by atoms with van der Waals surface area (Å²) in [5.74, 6) is -0.693. The number of hydrogen-bond acceptors (Lipinski definition) is 6. The fourth-order valence-corrected chi connectivity index (χ4v) is 3.93. The van der Waals surface area contributed by atoms with Crippen molar-refractivity contribution in [1.29, 1.82) is 0 Å². The molecule has 0 unspecified atom stereocenters. The maximum atomic E-state index is 13.0. The quantitative estimate of drug-likeness (QED) is 0.371. The number of aromatic nitrogens is 2.